The van der Waals surface area contributed by atoms with Crippen molar-refractivity contribution in [2.24, 2.45) is 0 Å². The highest BCUT2D eigenvalue weighted by Crippen LogP contribution is 2.31. The SMILES string of the molecule is Cc1ccc(Nc2nnc(-c3ccc(Cl)cc3)c3ccccc23)cc1. The third kappa shape index (κ3) is 3.19. The molecular weight excluding hydrogens is 330 g/mol. The Morgan fingerprint density at radius 1 is 0.760 bits per heavy atom. The highest BCUT2D eigenvalue weighted by Gasteiger charge is 2.11. The van der Waals surface area contributed by atoms with Gasteiger partial charge in [0.05, 0.1) is 0 Å². The molecule has 1 heterocycles. The maximum absolute atomic E-state index is 6.00. The molecule has 3 aromatic carbocycles. The van der Waals surface area contributed by atoms with E-state index in [1.807, 2.05) is 48.5 Å². The summed E-state index contributed by atoms with van der Waals surface area (Å²) in [6.45, 7) is 2.07. The summed E-state index contributed by atoms with van der Waals surface area (Å²) in [4.78, 5) is 0. The lowest BCUT2D eigenvalue weighted by atomic mass is 10.0. The first-order chi connectivity index (χ1) is 12.2. The summed E-state index contributed by atoms with van der Waals surface area (Å²) in [6, 6.07) is 24.0. The summed E-state index contributed by atoms with van der Waals surface area (Å²) < 4.78 is 0. The van der Waals surface area contributed by atoms with Gasteiger partial charge in [-0.1, -0.05) is 65.7 Å². The monoisotopic (exact) mass is 345 g/mol. The number of nitrogens with zero attached hydrogens (tertiary/aromatic N) is 2. The number of anilines is 2. The maximum atomic E-state index is 6.00. The fourth-order valence-electron chi connectivity index (χ4n) is 2.79. The van der Waals surface area contributed by atoms with Crippen LogP contribution in [-0.2, 0) is 0 Å². The van der Waals surface area contributed by atoms with Gasteiger partial charge in [0, 0.05) is 27.0 Å². The molecule has 1 N–H and O–H groups in total. The molecule has 0 aliphatic carbocycles. The van der Waals surface area contributed by atoms with Crippen molar-refractivity contribution in [3.05, 3.63) is 83.4 Å². The van der Waals surface area contributed by atoms with Crippen LogP contribution in [0.3, 0.4) is 0 Å². The van der Waals surface area contributed by atoms with Gasteiger partial charge in [-0.2, -0.15) is 0 Å². The van der Waals surface area contributed by atoms with Gasteiger partial charge < -0.3 is 5.32 Å². The van der Waals surface area contributed by atoms with E-state index >= 15 is 0 Å². The fourth-order valence-corrected chi connectivity index (χ4v) is 2.92. The van der Waals surface area contributed by atoms with Gasteiger partial charge >= 0.3 is 0 Å². The molecule has 0 unspecified atom stereocenters. The van der Waals surface area contributed by atoms with Crippen molar-refractivity contribution < 1.29 is 0 Å². The zero-order valence-corrected chi connectivity index (χ0v) is 14.5. The van der Waals surface area contributed by atoms with E-state index in [4.69, 9.17) is 11.6 Å². The van der Waals surface area contributed by atoms with Crippen molar-refractivity contribution in [2.45, 2.75) is 6.92 Å². The molecule has 4 rings (SSSR count). The Balaban J connectivity index is 1.81. The largest absolute Gasteiger partial charge is 0.338 e. The van der Waals surface area contributed by atoms with Crippen molar-refractivity contribution in [1.82, 2.24) is 10.2 Å². The van der Waals surface area contributed by atoms with Crippen LogP contribution < -0.4 is 5.32 Å². The molecule has 0 saturated carbocycles. The van der Waals surface area contributed by atoms with Gasteiger partial charge in [0.15, 0.2) is 5.82 Å². The van der Waals surface area contributed by atoms with Gasteiger partial charge in [0.1, 0.15) is 5.69 Å². The normalized spacial score (nSPS) is 10.8. The molecule has 0 fully saturated rings. The Kier molecular flexibility index (Phi) is 4.08. The molecule has 4 aromatic rings. The topological polar surface area (TPSA) is 37.8 Å². The third-order valence-electron chi connectivity index (χ3n) is 4.12. The van der Waals surface area contributed by atoms with Crippen LogP contribution in [0.15, 0.2) is 72.8 Å². The average Bonchev–Trinajstić information content (AvgIpc) is 2.65. The van der Waals surface area contributed by atoms with E-state index < -0.39 is 0 Å². The Morgan fingerprint density at radius 2 is 1.44 bits per heavy atom. The van der Waals surface area contributed by atoms with Gasteiger partial charge in [0.25, 0.3) is 0 Å². The molecule has 0 saturated heterocycles. The molecule has 0 bridgehead atoms. The molecule has 0 aliphatic rings. The molecule has 0 spiro atoms. The molecule has 0 radical (unpaired) electrons. The first-order valence-electron chi connectivity index (χ1n) is 8.06. The van der Waals surface area contributed by atoms with Crippen molar-refractivity contribution in [3.63, 3.8) is 0 Å². The van der Waals surface area contributed by atoms with Crippen molar-refractivity contribution >= 4 is 33.9 Å². The molecular formula is C21H16ClN3. The van der Waals surface area contributed by atoms with Crippen LogP contribution in [0.5, 0.6) is 0 Å². The number of hydrogen-bond donors (Lipinski definition) is 1. The molecule has 0 aliphatic heterocycles. The summed E-state index contributed by atoms with van der Waals surface area (Å²) >= 11 is 6.00. The average molecular weight is 346 g/mol. The summed E-state index contributed by atoms with van der Waals surface area (Å²) in [5.74, 6) is 0.747. The van der Waals surface area contributed by atoms with E-state index in [-0.39, 0.29) is 0 Å². The molecule has 25 heavy (non-hydrogen) atoms. The predicted molar refractivity (Wildman–Crippen MR) is 104 cm³/mol. The molecule has 3 nitrogen and oxygen atoms in total. The van der Waals surface area contributed by atoms with E-state index in [9.17, 15) is 0 Å². The highest BCUT2D eigenvalue weighted by atomic mass is 35.5. The molecule has 4 heteroatoms. The lowest BCUT2D eigenvalue weighted by Crippen LogP contribution is -1.99. The number of halogens is 1. The molecule has 0 atom stereocenters. The number of nitrogens with one attached hydrogen (secondary N) is 1. The summed E-state index contributed by atoms with van der Waals surface area (Å²) in [7, 11) is 0. The van der Waals surface area contributed by atoms with Crippen LogP contribution in [-0.4, -0.2) is 10.2 Å². The second-order valence-electron chi connectivity index (χ2n) is 5.94. The Morgan fingerprint density at radius 3 is 2.16 bits per heavy atom. The first-order valence-corrected chi connectivity index (χ1v) is 8.43. The van der Waals surface area contributed by atoms with Gasteiger partial charge in [-0.3, -0.25) is 0 Å². The van der Waals surface area contributed by atoms with Crippen LogP contribution >= 0.6 is 11.6 Å². The maximum Gasteiger partial charge on any atom is 0.161 e. The van der Waals surface area contributed by atoms with Crippen molar-refractivity contribution in [2.75, 3.05) is 5.32 Å². The number of aryl methyl sites for hydroxylation is 1. The third-order valence-corrected chi connectivity index (χ3v) is 4.37. The number of aromatic nitrogens is 2. The summed E-state index contributed by atoms with van der Waals surface area (Å²) in [5, 5.41) is 15.0. The van der Waals surface area contributed by atoms with Crippen LogP contribution in [0.1, 0.15) is 5.56 Å². The lowest BCUT2D eigenvalue weighted by Gasteiger charge is -2.11. The van der Waals surface area contributed by atoms with Gasteiger partial charge in [-0.15, -0.1) is 10.2 Å². The molecule has 1 aromatic heterocycles. The standard InChI is InChI=1S/C21H16ClN3/c1-14-6-12-17(13-7-14)23-21-19-5-3-2-4-18(19)20(24-25-21)15-8-10-16(22)11-9-15/h2-13H,1H3,(H,23,25). The van der Waals surface area contributed by atoms with Crippen LogP contribution in [0.4, 0.5) is 11.5 Å². The zero-order chi connectivity index (χ0) is 17.2. The van der Waals surface area contributed by atoms with Crippen LogP contribution in [0.25, 0.3) is 22.0 Å². The first kappa shape index (κ1) is 15.6. The second kappa shape index (κ2) is 6.54. The minimum atomic E-state index is 0.707. The van der Waals surface area contributed by atoms with Gasteiger partial charge in [-0.05, 0) is 31.2 Å². The quantitative estimate of drug-likeness (QED) is 0.494. The van der Waals surface area contributed by atoms with Crippen molar-refractivity contribution in [3.8, 4) is 11.3 Å². The Bertz CT molecular complexity index is 1030. The van der Waals surface area contributed by atoms with E-state index in [1.54, 1.807) is 0 Å². The lowest BCUT2D eigenvalue weighted by molar-refractivity contribution is 1.06. The summed E-state index contributed by atoms with van der Waals surface area (Å²) in [5.41, 5.74) is 4.06. The second-order valence-corrected chi connectivity index (χ2v) is 6.38. The molecule has 122 valence electrons. The number of benzene rings is 3. The number of fused-ring (bicyclic) bond motifs is 1. The van der Waals surface area contributed by atoms with E-state index in [0.29, 0.717) is 5.02 Å². The highest BCUT2D eigenvalue weighted by molar-refractivity contribution is 6.30. The number of rotatable bonds is 3. The van der Waals surface area contributed by atoms with Gasteiger partial charge in [-0.25, -0.2) is 0 Å². The Labute approximate surface area is 151 Å². The van der Waals surface area contributed by atoms with E-state index in [0.717, 1.165) is 33.5 Å². The number of hydrogen-bond acceptors (Lipinski definition) is 3. The van der Waals surface area contributed by atoms with Crippen LogP contribution in [0, 0.1) is 6.92 Å². The van der Waals surface area contributed by atoms with Crippen molar-refractivity contribution in [1.29, 1.82) is 0 Å². The zero-order valence-electron chi connectivity index (χ0n) is 13.7. The Hall–Kier alpha value is -2.91. The van der Waals surface area contributed by atoms with E-state index in [1.165, 1.54) is 5.56 Å². The predicted octanol–water partition coefficient (Wildman–Crippen LogP) is 6.00. The molecule has 0 amide bonds. The fraction of sp³-hybridized carbons (Fsp3) is 0.0476. The van der Waals surface area contributed by atoms with E-state index in [2.05, 4.69) is 46.7 Å². The van der Waals surface area contributed by atoms with Gasteiger partial charge in [0.2, 0.25) is 0 Å². The minimum Gasteiger partial charge on any atom is -0.338 e. The van der Waals surface area contributed by atoms with Crippen LogP contribution in [0.2, 0.25) is 5.02 Å². The summed E-state index contributed by atoms with van der Waals surface area (Å²) in [6.07, 6.45) is 0. The minimum absolute atomic E-state index is 0.707. The smallest absolute Gasteiger partial charge is 0.161 e.